The minimum Gasteiger partial charge on any atom is -0.497 e. The van der Waals surface area contributed by atoms with E-state index >= 15 is 0 Å². The molecule has 0 aliphatic heterocycles. The van der Waals surface area contributed by atoms with Gasteiger partial charge in [-0.25, -0.2) is 0 Å². The van der Waals surface area contributed by atoms with Gasteiger partial charge in [0.05, 0.1) is 12.6 Å². The van der Waals surface area contributed by atoms with Crippen LogP contribution in [0.15, 0.2) is 164 Å². The molecular formula is C43H38N4O5. The molecule has 1 atom stereocenters. The number of hydrogen-bond donors (Lipinski definition) is 1. The van der Waals surface area contributed by atoms with Crippen molar-refractivity contribution in [2.24, 2.45) is 0 Å². The molecule has 0 fully saturated rings. The van der Waals surface area contributed by atoms with E-state index in [0.29, 0.717) is 12.2 Å². The van der Waals surface area contributed by atoms with Gasteiger partial charge in [-0.05, 0) is 75.8 Å². The monoisotopic (exact) mass is 690 g/mol. The molecule has 0 unspecified atom stereocenters. The number of nitrogens with zero attached hydrogens (tertiary/aromatic N) is 3. The lowest BCUT2D eigenvalue weighted by atomic mass is 9.76. The maximum absolute atomic E-state index is 14.3. The van der Waals surface area contributed by atoms with Gasteiger partial charge < -0.3 is 19.0 Å². The largest absolute Gasteiger partial charge is 0.497 e. The normalized spacial score (nSPS) is 11.9. The highest BCUT2D eigenvalue weighted by Gasteiger charge is 2.40. The van der Waals surface area contributed by atoms with Crippen LogP contribution in [0, 0.1) is 0 Å². The summed E-state index contributed by atoms with van der Waals surface area (Å²) in [6.07, 6.45) is 0.345. The highest BCUT2D eigenvalue weighted by molar-refractivity contribution is 5.77. The van der Waals surface area contributed by atoms with E-state index < -0.39 is 11.6 Å². The molecule has 0 bridgehead atoms. The van der Waals surface area contributed by atoms with Crippen LogP contribution in [-0.2, 0) is 28.1 Å². The van der Waals surface area contributed by atoms with Gasteiger partial charge in [-0.3, -0.25) is 10.1 Å². The van der Waals surface area contributed by atoms with Gasteiger partial charge in [0.2, 0.25) is 0 Å². The van der Waals surface area contributed by atoms with Crippen molar-refractivity contribution in [3.8, 4) is 11.5 Å². The van der Waals surface area contributed by atoms with Gasteiger partial charge in [0, 0.05) is 0 Å². The summed E-state index contributed by atoms with van der Waals surface area (Å²) in [5, 5.41) is 12.0. The minimum atomic E-state index is -0.889. The molecule has 6 aromatic carbocycles. The Kier molecular flexibility index (Phi) is 10.5. The number of nitrogens with one attached hydrogen (secondary N) is 1. The molecule has 0 radical (unpaired) electrons. The predicted molar refractivity (Wildman–Crippen MR) is 199 cm³/mol. The van der Waals surface area contributed by atoms with E-state index in [1.54, 1.807) is 7.11 Å². The molecule has 52 heavy (non-hydrogen) atoms. The maximum atomic E-state index is 14.3. The van der Waals surface area contributed by atoms with Crippen molar-refractivity contribution < 1.29 is 23.8 Å². The smallest absolute Gasteiger partial charge is 0.323 e. The zero-order valence-corrected chi connectivity index (χ0v) is 28.7. The van der Waals surface area contributed by atoms with Crippen LogP contribution < -0.4 is 19.6 Å². The lowest BCUT2D eigenvalue weighted by Crippen LogP contribution is -2.53. The zero-order valence-electron chi connectivity index (χ0n) is 28.7. The Hall–Kier alpha value is -6.45. The molecule has 260 valence electrons. The Morgan fingerprint density at radius 1 is 0.673 bits per heavy atom. The molecule has 0 saturated heterocycles. The quantitative estimate of drug-likeness (QED) is 0.0689. The lowest BCUT2D eigenvalue weighted by molar-refractivity contribution is -0.148. The van der Waals surface area contributed by atoms with Gasteiger partial charge >= 0.3 is 5.97 Å². The van der Waals surface area contributed by atoms with Crippen LogP contribution in [0.1, 0.15) is 27.8 Å². The van der Waals surface area contributed by atoms with Gasteiger partial charge in [0.1, 0.15) is 35.2 Å². The second kappa shape index (κ2) is 16.1. The average molecular weight is 691 g/mol. The molecule has 0 aliphatic carbocycles. The molecule has 1 N–H and O–H groups in total. The van der Waals surface area contributed by atoms with Crippen molar-refractivity contribution in [2.45, 2.75) is 24.6 Å². The third-order valence-electron chi connectivity index (χ3n) is 8.92. The van der Waals surface area contributed by atoms with Crippen LogP contribution in [0.2, 0.25) is 0 Å². The van der Waals surface area contributed by atoms with Crippen molar-refractivity contribution in [1.29, 1.82) is 0 Å². The Morgan fingerprint density at radius 3 is 1.81 bits per heavy atom. The lowest BCUT2D eigenvalue weighted by Gasteiger charge is -2.39. The molecule has 9 heteroatoms. The third-order valence-corrected chi connectivity index (χ3v) is 8.92. The topological polar surface area (TPSA) is 96.7 Å². The molecule has 9 nitrogen and oxygen atoms in total. The fourth-order valence-electron chi connectivity index (χ4n) is 6.29. The molecule has 0 aliphatic rings. The second-order valence-corrected chi connectivity index (χ2v) is 12.2. The van der Waals surface area contributed by atoms with Crippen LogP contribution in [0.25, 0.3) is 11.0 Å². The Morgan fingerprint density at radius 2 is 1.21 bits per heavy atom. The number of hydrogen-bond acceptors (Lipinski definition) is 8. The van der Waals surface area contributed by atoms with Crippen LogP contribution in [0.4, 0.5) is 0 Å². The standard InChI is InChI=1S/C43H38N4O5/c1-49-37-25-23-33(24-26-37)30-50-42(48)40(29-32-21-27-38(28-22-32)51-31-52-47-41-20-12-11-19-39(41)45-46-47)44-43(34-13-5-2-6-14-34,35-15-7-3-8-16-35)36-17-9-4-10-18-36/h2-28,40,44H,29-31H2,1H3/t40-/m1/s1. The van der Waals surface area contributed by atoms with Gasteiger partial charge in [-0.1, -0.05) is 132 Å². The summed E-state index contributed by atoms with van der Waals surface area (Å²) in [4.78, 5) is 21.3. The summed E-state index contributed by atoms with van der Waals surface area (Å²) in [6.45, 7) is 0.0478. The van der Waals surface area contributed by atoms with E-state index in [1.807, 2.05) is 127 Å². The minimum absolute atomic E-state index is 0.0671. The van der Waals surface area contributed by atoms with Crippen molar-refractivity contribution in [3.05, 3.63) is 192 Å². The first kappa shape index (κ1) is 34.0. The van der Waals surface area contributed by atoms with Crippen LogP contribution in [0.5, 0.6) is 11.5 Å². The molecule has 7 rings (SSSR count). The number of rotatable bonds is 15. The van der Waals surface area contributed by atoms with E-state index in [0.717, 1.165) is 44.6 Å². The molecule has 0 amide bonds. The predicted octanol–water partition coefficient (Wildman–Crippen LogP) is 7.14. The van der Waals surface area contributed by atoms with Gasteiger partial charge in [-0.15, -0.1) is 5.10 Å². The van der Waals surface area contributed by atoms with Crippen molar-refractivity contribution in [2.75, 3.05) is 13.9 Å². The average Bonchev–Trinajstić information content (AvgIpc) is 3.63. The summed E-state index contributed by atoms with van der Waals surface area (Å²) < 4.78 is 17.2. The van der Waals surface area contributed by atoms with E-state index in [9.17, 15) is 4.79 Å². The first-order valence-electron chi connectivity index (χ1n) is 17.0. The number of benzene rings is 6. The first-order chi connectivity index (χ1) is 25.6. The fourth-order valence-corrected chi connectivity index (χ4v) is 6.29. The third kappa shape index (κ3) is 7.65. The Balaban J connectivity index is 1.17. The molecule has 1 aromatic heterocycles. The molecule has 7 aromatic rings. The number of ether oxygens (including phenoxy) is 3. The van der Waals surface area contributed by atoms with Crippen molar-refractivity contribution >= 4 is 17.0 Å². The number of aromatic nitrogens is 3. The zero-order chi connectivity index (χ0) is 35.6. The number of carbonyl (C=O) groups excluding carboxylic acids is 1. The van der Waals surface area contributed by atoms with E-state index in [4.69, 9.17) is 19.0 Å². The number of fused-ring (bicyclic) bond motifs is 1. The maximum Gasteiger partial charge on any atom is 0.323 e. The van der Waals surface area contributed by atoms with Crippen LogP contribution >= 0.6 is 0 Å². The highest BCUT2D eigenvalue weighted by atomic mass is 16.8. The van der Waals surface area contributed by atoms with Gasteiger partial charge in [-0.2, -0.15) is 0 Å². The Bertz CT molecular complexity index is 2080. The van der Waals surface area contributed by atoms with E-state index in [2.05, 4.69) is 52.0 Å². The molecule has 1 heterocycles. The highest BCUT2D eigenvalue weighted by Crippen LogP contribution is 2.37. The van der Waals surface area contributed by atoms with Crippen LogP contribution in [-0.4, -0.2) is 41.1 Å². The van der Waals surface area contributed by atoms with Gasteiger partial charge in [0.15, 0.2) is 0 Å². The molecule has 0 saturated carbocycles. The summed E-state index contributed by atoms with van der Waals surface area (Å²) in [5.74, 6) is 0.961. The first-order valence-corrected chi connectivity index (χ1v) is 17.0. The molecular weight excluding hydrogens is 652 g/mol. The number of para-hydroxylation sites is 1. The van der Waals surface area contributed by atoms with E-state index in [-0.39, 0.29) is 19.4 Å². The summed E-state index contributed by atoms with van der Waals surface area (Å²) in [5.41, 5.74) is 5.33. The number of methoxy groups -OCH3 is 1. The second-order valence-electron chi connectivity index (χ2n) is 12.2. The summed E-state index contributed by atoms with van der Waals surface area (Å²) in [7, 11) is 1.62. The number of esters is 1. The van der Waals surface area contributed by atoms with Crippen molar-refractivity contribution in [1.82, 2.24) is 20.5 Å². The Labute approximate surface area is 302 Å². The van der Waals surface area contributed by atoms with Crippen LogP contribution in [0.3, 0.4) is 0 Å². The summed E-state index contributed by atoms with van der Waals surface area (Å²) in [6, 6.07) is 52.5. The SMILES string of the molecule is COc1ccc(COC(=O)[C@@H](Cc2ccc(OCOn3nnc4ccccc43)cc2)NC(c2ccccc2)(c2ccccc2)c2ccccc2)cc1. The van der Waals surface area contributed by atoms with Gasteiger partial charge in [0.25, 0.3) is 6.79 Å². The van der Waals surface area contributed by atoms with Crippen molar-refractivity contribution in [3.63, 3.8) is 0 Å². The molecule has 0 spiro atoms. The summed E-state index contributed by atoms with van der Waals surface area (Å²) >= 11 is 0. The van der Waals surface area contributed by atoms with E-state index in [1.165, 1.54) is 4.85 Å². The number of carbonyl (C=O) groups is 1. The fraction of sp³-hybridized carbons (Fsp3) is 0.140.